The van der Waals surface area contributed by atoms with Gasteiger partial charge in [0, 0.05) is 29.7 Å². The monoisotopic (exact) mass is 349 g/mol. The molecule has 0 saturated heterocycles. The number of pyridine rings is 1. The van der Waals surface area contributed by atoms with E-state index in [1.54, 1.807) is 18.3 Å². The van der Waals surface area contributed by atoms with Crippen molar-refractivity contribution in [2.24, 2.45) is 0 Å². The van der Waals surface area contributed by atoms with Gasteiger partial charge in [0.25, 0.3) is 5.69 Å². The maximum atomic E-state index is 11.9. The summed E-state index contributed by atoms with van der Waals surface area (Å²) >= 11 is 0. The van der Waals surface area contributed by atoms with Crippen molar-refractivity contribution in [1.29, 1.82) is 0 Å². The molecular weight excluding hydrogens is 334 g/mol. The highest BCUT2D eigenvalue weighted by Crippen LogP contribution is 2.22. The van der Waals surface area contributed by atoms with Gasteiger partial charge in [-0.1, -0.05) is 12.1 Å². The summed E-state index contributed by atoms with van der Waals surface area (Å²) < 4.78 is 5.10. The van der Waals surface area contributed by atoms with Gasteiger partial charge < -0.3 is 4.74 Å². The lowest BCUT2D eigenvalue weighted by molar-refractivity contribution is -0.384. The summed E-state index contributed by atoms with van der Waals surface area (Å²) in [5.74, 6) is 0.219. The Balaban J connectivity index is 1.63. The molecule has 3 aromatic rings. The van der Waals surface area contributed by atoms with E-state index in [2.05, 4.69) is 10.3 Å². The molecule has 0 radical (unpaired) electrons. The first-order valence-corrected chi connectivity index (χ1v) is 7.78. The van der Waals surface area contributed by atoms with E-state index >= 15 is 0 Å². The third-order valence-corrected chi connectivity index (χ3v) is 3.62. The van der Waals surface area contributed by atoms with Gasteiger partial charge in [-0.05, 0) is 54.4 Å². The second-order valence-corrected chi connectivity index (χ2v) is 5.53. The molecule has 1 N–H and O–H groups in total. The summed E-state index contributed by atoms with van der Waals surface area (Å²) in [6.45, 7) is 1.92. The molecule has 0 aliphatic heterocycles. The van der Waals surface area contributed by atoms with Crippen LogP contribution < -0.4 is 10.1 Å². The van der Waals surface area contributed by atoms with Crippen LogP contribution in [0.5, 0.6) is 5.75 Å². The lowest BCUT2D eigenvalue weighted by Gasteiger charge is -2.08. The van der Waals surface area contributed by atoms with Gasteiger partial charge in [0.05, 0.1) is 4.92 Å². The van der Waals surface area contributed by atoms with Crippen molar-refractivity contribution in [1.82, 2.24) is 4.98 Å². The van der Waals surface area contributed by atoms with Gasteiger partial charge in [-0.2, -0.15) is 0 Å². The number of carbonyl (C=O) groups is 1. The van der Waals surface area contributed by atoms with E-state index in [4.69, 9.17) is 4.74 Å². The number of ether oxygens (including phenoxy) is 1. The Morgan fingerprint density at radius 1 is 1.04 bits per heavy atom. The number of hydrogen-bond acceptors (Lipinski definition) is 5. The second kappa shape index (κ2) is 7.43. The SMILES string of the molecule is Cc1cc(-c2ccc(NC(=O)Oc3ccc([N+](=O)[O-])cc3)cc2)ccn1. The molecule has 0 aliphatic rings. The summed E-state index contributed by atoms with van der Waals surface area (Å²) in [6.07, 6.45) is 1.07. The van der Waals surface area contributed by atoms with Gasteiger partial charge in [-0.3, -0.25) is 20.4 Å². The van der Waals surface area contributed by atoms with Gasteiger partial charge in [0.15, 0.2) is 0 Å². The lowest BCUT2D eigenvalue weighted by atomic mass is 10.1. The predicted molar refractivity (Wildman–Crippen MR) is 97.2 cm³/mol. The van der Waals surface area contributed by atoms with E-state index in [1.807, 2.05) is 31.2 Å². The molecule has 130 valence electrons. The van der Waals surface area contributed by atoms with Gasteiger partial charge in [-0.15, -0.1) is 0 Å². The molecule has 0 fully saturated rings. The van der Waals surface area contributed by atoms with Crippen molar-refractivity contribution in [2.45, 2.75) is 6.92 Å². The Labute approximate surface area is 149 Å². The highest BCUT2D eigenvalue weighted by molar-refractivity contribution is 5.86. The standard InChI is InChI=1S/C19H15N3O4/c1-13-12-15(10-11-20-13)14-2-4-16(5-3-14)21-19(23)26-18-8-6-17(7-9-18)22(24)25/h2-12H,1H3,(H,21,23). The van der Waals surface area contributed by atoms with Crippen molar-refractivity contribution in [3.8, 4) is 16.9 Å². The first-order valence-electron chi connectivity index (χ1n) is 7.78. The van der Waals surface area contributed by atoms with Crippen LogP contribution in [0.25, 0.3) is 11.1 Å². The van der Waals surface area contributed by atoms with E-state index < -0.39 is 11.0 Å². The van der Waals surface area contributed by atoms with E-state index in [0.29, 0.717) is 5.69 Å². The lowest BCUT2D eigenvalue weighted by Crippen LogP contribution is -2.16. The molecule has 1 amide bonds. The van der Waals surface area contributed by atoms with Crippen LogP contribution >= 0.6 is 0 Å². The molecule has 26 heavy (non-hydrogen) atoms. The van der Waals surface area contributed by atoms with Gasteiger partial charge in [0.2, 0.25) is 0 Å². The number of nitrogens with zero attached hydrogens (tertiary/aromatic N) is 2. The normalized spacial score (nSPS) is 10.2. The minimum absolute atomic E-state index is 0.0697. The molecular formula is C19H15N3O4. The number of anilines is 1. The fraction of sp³-hybridized carbons (Fsp3) is 0.0526. The van der Waals surface area contributed by atoms with Crippen LogP contribution in [0.1, 0.15) is 5.69 Å². The summed E-state index contributed by atoms with van der Waals surface area (Å²) in [7, 11) is 0. The van der Waals surface area contributed by atoms with E-state index in [0.717, 1.165) is 16.8 Å². The van der Waals surface area contributed by atoms with E-state index in [1.165, 1.54) is 24.3 Å². The molecule has 7 heteroatoms. The number of aromatic nitrogens is 1. The predicted octanol–water partition coefficient (Wildman–Crippen LogP) is 4.58. The molecule has 0 saturated carbocycles. The quantitative estimate of drug-likeness (QED) is 0.550. The zero-order valence-corrected chi connectivity index (χ0v) is 13.9. The second-order valence-electron chi connectivity index (χ2n) is 5.53. The average Bonchev–Trinajstić information content (AvgIpc) is 2.62. The average molecular weight is 349 g/mol. The van der Waals surface area contributed by atoms with Crippen LogP contribution in [-0.4, -0.2) is 16.0 Å². The molecule has 0 spiro atoms. The molecule has 0 bridgehead atoms. The topological polar surface area (TPSA) is 94.4 Å². The summed E-state index contributed by atoms with van der Waals surface area (Å²) in [4.78, 5) is 26.2. The number of aryl methyl sites for hydroxylation is 1. The molecule has 7 nitrogen and oxygen atoms in total. The van der Waals surface area contributed by atoms with Crippen LogP contribution in [0, 0.1) is 17.0 Å². The molecule has 2 aromatic carbocycles. The van der Waals surface area contributed by atoms with Crippen LogP contribution in [0.2, 0.25) is 0 Å². The Bertz CT molecular complexity index is 938. The third kappa shape index (κ3) is 4.21. The number of hydrogen-bond donors (Lipinski definition) is 1. The van der Waals surface area contributed by atoms with E-state index in [-0.39, 0.29) is 11.4 Å². The number of rotatable bonds is 4. The van der Waals surface area contributed by atoms with Crippen LogP contribution in [0.4, 0.5) is 16.2 Å². The van der Waals surface area contributed by atoms with Gasteiger partial charge in [0.1, 0.15) is 5.75 Å². The first kappa shape index (κ1) is 17.1. The summed E-state index contributed by atoms with van der Waals surface area (Å²) in [6, 6.07) is 16.5. The summed E-state index contributed by atoms with van der Waals surface area (Å²) in [5, 5.41) is 13.2. The number of nitro groups is 1. The van der Waals surface area contributed by atoms with Crippen molar-refractivity contribution in [3.05, 3.63) is 82.7 Å². The smallest absolute Gasteiger partial charge is 0.410 e. The number of amides is 1. The molecule has 0 atom stereocenters. The van der Waals surface area contributed by atoms with Crippen LogP contribution in [0.15, 0.2) is 66.9 Å². The Kier molecular flexibility index (Phi) is 4.89. The minimum Gasteiger partial charge on any atom is -0.410 e. The molecule has 0 unspecified atom stereocenters. The molecule has 0 aliphatic carbocycles. The number of nitro benzene ring substituents is 1. The molecule has 1 heterocycles. The van der Waals surface area contributed by atoms with Crippen molar-refractivity contribution < 1.29 is 14.5 Å². The maximum absolute atomic E-state index is 11.9. The molecule has 1 aromatic heterocycles. The molecule has 3 rings (SSSR count). The zero-order chi connectivity index (χ0) is 18.5. The number of nitrogens with one attached hydrogen (secondary N) is 1. The minimum atomic E-state index is -0.675. The van der Waals surface area contributed by atoms with Gasteiger partial charge >= 0.3 is 6.09 Å². The van der Waals surface area contributed by atoms with Gasteiger partial charge in [-0.25, -0.2) is 4.79 Å². The first-order chi connectivity index (χ1) is 12.5. The van der Waals surface area contributed by atoms with E-state index in [9.17, 15) is 14.9 Å². The summed E-state index contributed by atoms with van der Waals surface area (Å²) in [5.41, 5.74) is 3.48. The maximum Gasteiger partial charge on any atom is 0.417 e. The van der Waals surface area contributed by atoms with Crippen LogP contribution in [0.3, 0.4) is 0 Å². The van der Waals surface area contributed by atoms with Crippen molar-refractivity contribution >= 4 is 17.5 Å². The number of benzene rings is 2. The Morgan fingerprint density at radius 2 is 1.73 bits per heavy atom. The van der Waals surface area contributed by atoms with Crippen molar-refractivity contribution in [3.63, 3.8) is 0 Å². The Morgan fingerprint density at radius 3 is 2.35 bits per heavy atom. The Hall–Kier alpha value is -3.74. The zero-order valence-electron chi connectivity index (χ0n) is 13.9. The van der Waals surface area contributed by atoms with Crippen molar-refractivity contribution in [2.75, 3.05) is 5.32 Å². The largest absolute Gasteiger partial charge is 0.417 e. The highest BCUT2D eigenvalue weighted by Gasteiger charge is 2.08. The van der Waals surface area contributed by atoms with Crippen LogP contribution in [-0.2, 0) is 0 Å². The highest BCUT2D eigenvalue weighted by atomic mass is 16.6. The fourth-order valence-electron chi connectivity index (χ4n) is 2.36. The fourth-order valence-corrected chi connectivity index (χ4v) is 2.36. The number of carbonyl (C=O) groups excluding carboxylic acids is 1. The third-order valence-electron chi connectivity index (χ3n) is 3.62. The number of non-ortho nitro benzene ring substituents is 1.